The first kappa shape index (κ1) is 11.0. The van der Waals surface area contributed by atoms with Gasteiger partial charge in [-0.2, -0.15) is 0 Å². The Kier molecular flexibility index (Phi) is 5.06. The first-order chi connectivity index (χ1) is 6.83. The third-order valence-electron chi connectivity index (χ3n) is 2.33. The molecule has 0 fully saturated rings. The summed E-state index contributed by atoms with van der Waals surface area (Å²) in [5.41, 5.74) is 2.77. The van der Waals surface area contributed by atoms with E-state index in [4.69, 9.17) is 0 Å². The van der Waals surface area contributed by atoms with Crippen LogP contribution in [0.25, 0.3) is 0 Å². The van der Waals surface area contributed by atoms with Gasteiger partial charge in [0, 0.05) is 0 Å². The summed E-state index contributed by atoms with van der Waals surface area (Å²) in [5.74, 6) is 0. The molecule has 0 aromatic heterocycles. The molecule has 0 saturated carbocycles. The summed E-state index contributed by atoms with van der Waals surface area (Å²) in [5, 5.41) is 0. The predicted molar refractivity (Wildman–Crippen MR) is 63.5 cm³/mol. The summed E-state index contributed by atoms with van der Waals surface area (Å²) in [6.45, 7) is 4.37. The maximum Gasteiger partial charge on any atom is -0.00974 e. The van der Waals surface area contributed by atoms with Crippen molar-refractivity contribution in [1.82, 2.24) is 0 Å². The van der Waals surface area contributed by atoms with Gasteiger partial charge in [-0.3, -0.25) is 0 Å². The van der Waals surface area contributed by atoms with E-state index in [1.807, 2.05) is 0 Å². The van der Waals surface area contributed by atoms with E-state index in [0.29, 0.717) is 0 Å². The van der Waals surface area contributed by atoms with E-state index in [0.717, 1.165) is 6.42 Å². The van der Waals surface area contributed by atoms with Crippen LogP contribution >= 0.6 is 0 Å². The van der Waals surface area contributed by atoms with Crippen molar-refractivity contribution in [3.63, 3.8) is 0 Å². The maximum absolute atomic E-state index is 2.30. The molecule has 0 heteroatoms. The molecule has 76 valence electrons. The molecule has 14 heavy (non-hydrogen) atoms. The zero-order valence-electron chi connectivity index (χ0n) is 9.29. The molecule has 1 aromatic rings. The van der Waals surface area contributed by atoms with Gasteiger partial charge in [0.1, 0.15) is 0 Å². The van der Waals surface area contributed by atoms with Crippen molar-refractivity contribution >= 4 is 0 Å². The molecule has 0 amide bonds. The van der Waals surface area contributed by atoms with Crippen molar-refractivity contribution < 1.29 is 0 Å². The van der Waals surface area contributed by atoms with Crippen LogP contribution in [0.4, 0.5) is 0 Å². The Morgan fingerprint density at radius 1 is 1.21 bits per heavy atom. The minimum atomic E-state index is 1.07. The van der Waals surface area contributed by atoms with E-state index in [2.05, 4.69) is 50.3 Å². The first-order valence-corrected chi connectivity index (χ1v) is 5.53. The van der Waals surface area contributed by atoms with Gasteiger partial charge < -0.3 is 0 Å². The molecule has 1 aromatic carbocycles. The van der Waals surface area contributed by atoms with Gasteiger partial charge in [-0.15, -0.1) is 0 Å². The average Bonchev–Trinajstić information content (AvgIpc) is 2.18. The lowest BCUT2D eigenvalue weighted by molar-refractivity contribution is 0.813. The van der Waals surface area contributed by atoms with Crippen molar-refractivity contribution in [3.8, 4) is 0 Å². The fourth-order valence-electron chi connectivity index (χ4n) is 1.50. The van der Waals surface area contributed by atoms with Gasteiger partial charge in [0.25, 0.3) is 0 Å². The Morgan fingerprint density at radius 2 is 2.07 bits per heavy atom. The molecular weight excluding hydrogens is 168 g/mol. The number of aryl methyl sites for hydroxylation is 1. The number of hydrogen-bond acceptors (Lipinski definition) is 0. The minimum absolute atomic E-state index is 1.07. The summed E-state index contributed by atoms with van der Waals surface area (Å²) < 4.78 is 0. The molecule has 0 spiro atoms. The molecule has 0 radical (unpaired) electrons. The van der Waals surface area contributed by atoms with Crippen LogP contribution in [0.15, 0.2) is 36.4 Å². The smallest absolute Gasteiger partial charge is 0.00974 e. The third kappa shape index (κ3) is 4.27. The van der Waals surface area contributed by atoms with E-state index in [1.54, 1.807) is 0 Å². The molecular formula is C14H20. The molecule has 0 heterocycles. The second kappa shape index (κ2) is 6.42. The van der Waals surface area contributed by atoms with Gasteiger partial charge in [-0.1, -0.05) is 61.7 Å². The third-order valence-corrected chi connectivity index (χ3v) is 2.33. The van der Waals surface area contributed by atoms with E-state index in [-0.39, 0.29) is 0 Å². The van der Waals surface area contributed by atoms with Gasteiger partial charge >= 0.3 is 0 Å². The van der Waals surface area contributed by atoms with Crippen LogP contribution in [0.1, 0.15) is 37.3 Å². The molecule has 0 aliphatic carbocycles. The Hall–Kier alpha value is -1.04. The second-order valence-electron chi connectivity index (χ2n) is 3.81. The van der Waals surface area contributed by atoms with Crippen molar-refractivity contribution in [2.75, 3.05) is 0 Å². The van der Waals surface area contributed by atoms with E-state index in [1.165, 1.54) is 30.4 Å². The molecule has 0 bridgehead atoms. The lowest BCUT2D eigenvalue weighted by Crippen LogP contribution is -1.81. The highest BCUT2D eigenvalue weighted by molar-refractivity contribution is 5.23. The largest absolute Gasteiger partial charge is 0.0882 e. The van der Waals surface area contributed by atoms with E-state index < -0.39 is 0 Å². The van der Waals surface area contributed by atoms with E-state index >= 15 is 0 Å². The molecule has 0 aliphatic rings. The number of unbranched alkanes of at least 4 members (excludes halogenated alkanes) is 2. The molecule has 0 aliphatic heterocycles. The van der Waals surface area contributed by atoms with Crippen molar-refractivity contribution in [1.29, 1.82) is 0 Å². The summed E-state index contributed by atoms with van der Waals surface area (Å²) in [6.07, 6.45) is 9.48. The molecule has 0 N–H and O–H groups in total. The normalized spacial score (nSPS) is 11.0. The van der Waals surface area contributed by atoms with Crippen LogP contribution in [-0.4, -0.2) is 0 Å². The zero-order chi connectivity index (χ0) is 10.2. The summed E-state index contributed by atoms with van der Waals surface area (Å²) >= 11 is 0. The van der Waals surface area contributed by atoms with Crippen LogP contribution < -0.4 is 0 Å². The van der Waals surface area contributed by atoms with Gasteiger partial charge in [0.15, 0.2) is 0 Å². The Labute approximate surface area is 87.7 Å². The van der Waals surface area contributed by atoms with Crippen LogP contribution in [-0.2, 0) is 6.42 Å². The molecule has 0 saturated heterocycles. The predicted octanol–water partition coefficient (Wildman–Crippen LogP) is 4.28. The Balaban J connectivity index is 2.34. The Morgan fingerprint density at radius 3 is 2.79 bits per heavy atom. The number of hydrogen-bond donors (Lipinski definition) is 0. The molecule has 0 nitrogen and oxygen atoms in total. The van der Waals surface area contributed by atoms with Gasteiger partial charge in [-0.05, 0) is 25.3 Å². The lowest BCUT2D eigenvalue weighted by atomic mass is 10.1. The first-order valence-electron chi connectivity index (χ1n) is 5.53. The van der Waals surface area contributed by atoms with Crippen LogP contribution in [0, 0.1) is 6.92 Å². The molecule has 0 unspecified atom stereocenters. The van der Waals surface area contributed by atoms with Gasteiger partial charge in [-0.25, -0.2) is 0 Å². The van der Waals surface area contributed by atoms with Crippen LogP contribution in [0.5, 0.6) is 0 Å². The SMILES string of the molecule is CCCC/C=C/Cc1cccc(C)c1. The lowest BCUT2D eigenvalue weighted by Gasteiger charge is -1.97. The topological polar surface area (TPSA) is 0 Å². The van der Waals surface area contributed by atoms with Gasteiger partial charge in [0.05, 0.1) is 0 Å². The monoisotopic (exact) mass is 188 g/mol. The highest BCUT2D eigenvalue weighted by Gasteiger charge is 1.88. The summed E-state index contributed by atoms with van der Waals surface area (Å²) in [6, 6.07) is 8.72. The van der Waals surface area contributed by atoms with Crippen LogP contribution in [0.2, 0.25) is 0 Å². The van der Waals surface area contributed by atoms with Gasteiger partial charge in [0.2, 0.25) is 0 Å². The Bertz CT molecular complexity index is 284. The highest BCUT2D eigenvalue weighted by Crippen LogP contribution is 2.05. The van der Waals surface area contributed by atoms with E-state index in [9.17, 15) is 0 Å². The summed E-state index contributed by atoms with van der Waals surface area (Å²) in [7, 11) is 0. The quantitative estimate of drug-likeness (QED) is 0.478. The van der Waals surface area contributed by atoms with Crippen LogP contribution in [0.3, 0.4) is 0 Å². The molecule has 1 rings (SSSR count). The number of rotatable bonds is 5. The zero-order valence-corrected chi connectivity index (χ0v) is 9.29. The fourth-order valence-corrected chi connectivity index (χ4v) is 1.50. The van der Waals surface area contributed by atoms with Crippen molar-refractivity contribution in [2.24, 2.45) is 0 Å². The summed E-state index contributed by atoms with van der Waals surface area (Å²) in [4.78, 5) is 0. The van der Waals surface area contributed by atoms with Crippen molar-refractivity contribution in [2.45, 2.75) is 39.5 Å². The number of benzene rings is 1. The second-order valence-corrected chi connectivity index (χ2v) is 3.81. The maximum atomic E-state index is 2.30. The van der Waals surface area contributed by atoms with Crippen molar-refractivity contribution in [3.05, 3.63) is 47.5 Å². The minimum Gasteiger partial charge on any atom is -0.0882 e. The fraction of sp³-hybridized carbons (Fsp3) is 0.429. The standard InChI is InChI=1S/C14H20/c1-3-4-5-6-7-10-14-11-8-9-13(2)12-14/h6-9,11-12H,3-5,10H2,1-2H3/b7-6+. The number of allylic oxidation sites excluding steroid dienone is 2. The molecule has 0 atom stereocenters. The highest BCUT2D eigenvalue weighted by atomic mass is 13.9. The average molecular weight is 188 g/mol.